The number of hydrogen-bond acceptors (Lipinski definition) is 7. The van der Waals surface area contributed by atoms with Crippen molar-refractivity contribution < 1.29 is 14.3 Å². The van der Waals surface area contributed by atoms with Crippen LogP contribution in [0.15, 0.2) is 24.5 Å². The van der Waals surface area contributed by atoms with Crippen molar-refractivity contribution in [2.24, 2.45) is 0 Å². The molecular weight excluding hydrogens is 310 g/mol. The molecule has 8 heteroatoms. The average Bonchev–Trinajstić information content (AvgIpc) is 2.71. The molecule has 8 nitrogen and oxygen atoms in total. The van der Waals surface area contributed by atoms with Crippen molar-refractivity contribution in [1.29, 1.82) is 5.26 Å². The first-order valence-electron chi connectivity index (χ1n) is 7.22. The summed E-state index contributed by atoms with van der Waals surface area (Å²) in [7, 11) is 1.48. The number of benzene rings is 1. The number of nitriles is 1. The Bertz CT molecular complexity index is 846. The summed E-state index contributed by atoms with van der Waals surface area (Å²) in [5.74, 6) is 0.284. The van der Waals surface area contributed by atoms with Crippen LogP contribution in [0.2, 0.25) is 0 Å². The zero-order valence-electron chi connectivity index (χ0n) is 13.2. The van der Waals surface area contributed by atoms with E-state index >= 15 is 0 Å². The van der Waals surface area contributed by atoms with E-state index in [9.17, 15) is 10.1 Å². The molecule has 2 heterocycles. The highest BCUT2D eigenvalue weighted by molar-refractivity contribution is 6.10. The van der Waals surface area contributed by atoms with Crippen molar-refractivity contribution in [1.82, 2.24) is 9.97 Å². The van der Waals surface area contributed by atoms with Crippen LogP contribution in [0.5, 0.6) is 11.6 Å². The molecule has 1 aromatic heterocycles. The summed E-state index contributed by atoms with van der Waals surface area (Å²) in [6.07, 6.45) is 0.947. The molecule has 0 saturated heterocycles. The number of carbonyl (C=O) groups excluding carboxylic acids is 1. The van der Waals surface area contributed by atoms with Gasteiger partial charge >= 0.3 is 0 Å². The Kier molecular flexibility index (Phi) is 3.92. The van der Waals surface area contributed by atoms with Crippen molar-refractivity contribution in [2.75, 3.05) is 24.3 Å². The summed E-state index contributed by atoms with van der Waals surface area (Å²) in [5, 5.41) is 9.25. The summed E-state index contributed by atoms with van der Waals surface area (Å²) in [6, 6.07) is 6.99. The van der Waals surface area contributed by atoms with Crippen LogP contribution in [-0.4, -0.2) is 35.6 Å². The van der Waals surface area contributed by atoms with Crippen LogP contribution >= 0.6 is 0 Å². The van der Waals surface area contributed by atoms with Crippen molar-refractivity contribution in [3.63, 3.8) is 0 Å². The summed E-state index contributed by atoms with van der Waals surface area (Å²) in [6.45, 7) is 2.11. The van der Waals surface area contributed by atoms with Gasteiger partial charge in [0.15, 0.2) is 0 Å². The molecule has 0 aliphatic carbocycles. The predicted octanol–water partition coefficient (Wildman–Crippen LogP) is 1.37. The normalized spacial score (nSPS) is 16.6. The van der Waals surface area contributed by atoms with E-state index in [0.29, 0.717) is 17.0 Å². The predicted molar refractivity (Wildman–Crippen MR) is 85.9 cm³/mol. The Morgan fingerprint density at radius 3 is 2.96 bits per heavy atom. The largest absolute Gasteiger partial charge is 0.495 e. The minimum atomic E-state index is -0.374. The number of nitrogens with two attached hydrogens (primary N) is 1. The maximum Gasteiger partial charge on any atom is 0.267 e. The topological polar surface area (TPSA) is 114 Å². The fraction of sp³-hybridized carbons (Fsp3) is 0.250. The second-order valence-corrected chi connectivity index (χ2v) is 5.28. The van der Waals surface area contributed by atoms with Crippen molar-refractivity contribution in [3.8, 4) is 17.7 Å². The molecule has 2 aromatic rings. The van der Waals surface area contributed by atoms with Gasteiger partial charge in [0.05, 0.1) is 19.2 Å². The first-order valence-corrected chi connectivity index (χ1v) is 7.22. The van der Waals surface area contributed by atoms with Gasteiger partial charge in [0.2, 0.25) is 5.88 Å². The van der Waals surface area contributed by atoms with Gasteiger partial charge in [0.1, 0.15) is 35.6 Å². The molecule has 1 amide bonds. The number of nitrogens with zero attached hydrogens (tertiary/aromatic N) is 4. The van der Waals surface area contributed by atoms with E-state index in [-0.39, 0.29) is 35.8 Å². The van der Waals surface area contributed by atoms with Crippen molar-refractivity contribution in [2.45, 2.75) is 13.0 Å². The smallest absolute Gasteiger partial charge is 0.267 e. The zero-order valence-corrected chi connectivity index (χ0v) is 13.2. The lowest BCUT2D eigenvalue weighted by atomic mass is 10.1. The molecule has 1 aromatic carbocycles. The Morgan fingerprint density at radius 2 is 2.25 bits per heavy atom. The maximum absolute atomic E-state index is 12.9. The number of carbonyl (C=O) groups is 1. The average molecular weight is 325 g/mol. The summed E-state index contributed by atoms with van der Waals surface area (Å²) < 4.78 is 10.8. The molecule has 122 valence electrons. The maximum atomic E-state index is 12.9. The number of aromatic nitrogens is 2. The Morgan fingerprint density at radius 1 is 1.46 bits per heavy atom. The number of ether oxygens (including phenoxy) is 2. The van der Waals surface area contributed by atoms with Crippen LogP contribution in [0.1, 0.15) is 22.8 Å². The number of nitrogen functional groups attached to an aromatic ring is 1. The number of hydrogen-bond donors (Lipinski definition) is 1. The Hall–Kier alpha value is -3.34. The fourth-order valence-electron chi connectivity index (χ4n) is 2.55. The lowest BCUT2D eigenvalue weighted by Gasteiger charge is -2.23. The highest BCUT2D eigenvalue weighted by Gasteiger charge is 2.31. The molecule has 1 aliphatic heterocycles. The van der Waals surface area contributed by atoms with Gasteiger partial charge in [-0.25, -0.2) is 9.97 Å². The molecule has 0 unspecified atom stereocenters. The molecule has 0 radical (unpaired) electrons. The molecule has 1 aliphatic rings. The molecule has 0 fully saturated rings. The molecule has 1 atom stereocenters. The summed E-state index contributed by atoms with van der Waals surface area (Å²) in [5.41, 5.74) is 6.84. The highest BCUT2D eigenvalue weighted by atomic mass is 16.5. The molecule has 3 rings (SSSR count). The standard InChI is InChI=1S/C16H15N5O3/c1-9-7-21(11-3-4-12(23-2)10(5-11)6-17)16(22)13-14(18)19-8-20-15(13)24-9/h3-5,8-9H,7H2,1-2H3,(H2,18,19,20)/t9-/m1/s1. The quantitative estimate of drug-likeness (QED) is 0.886. The van der Waals surface area contributed by atoms with E-state index in [1.54, 1.807) is 18.2 Å². The van der Waals surface area contributed by atoms with Gasteiger partial charge in [0.25, 0.3) is 5.91 Å². The first kappa shape index (κ1) is 15.6. The number of fused-ring (bicyclic) bond motifs is 1. The van der Waals surface area contributed by atoms with Crippen LogP contribution in [0.4, 0.5) is 11.5 Å². The van der Waals surface area contributed by atoms with Gasteiger partial charge in [-0.3, -0.25) is 4.79 Å². The summed E-state index contributed by atoms with van der Waals surface area (Å²) in [4.78, 5) is 22.3. The third-order valence-electron chi connectivity index (χ3n) is 3.67. The monoisotopic (exact) mass is 325 g/mol. The molecule has 0 spiro atoms. The number of anilines is 2. The van der Waals surface area contributed by atoms with Gasteiger partial charge in [0, 0.05) is 5.69 Å². The van der Waals surface area contributed by atoms with Gasteiger partial charge in [-0.05, 0) is 25.1 Å². The second kappa shape index (κ2) is 6.04. The van der Waals surface area contributed by atoms with E-state index in [2.05, 4.69) is 16.0 Å². The molecule has 0 saturated carbocycles. The van der Waals surface area contributed by atoms with Crippen molar-refractivity contribution in [3.05, 3.63) is 35.7 Å². The van der Waals surface area contributed by atoms with Crippen LogP contribution < -0.4 is 20.1 Å². The van der Waals surface area contributed by atoms with Gasteiger partial charge in [-0.15, -0.1) is 0 Å². The van der Waals surface area contributed by atoms with E-state index in [0.717, 1.165) is 0 Å². The molecular formula is C16H15N5O3. The SMILES string of the molecule is COc1ccc(N2C[C@@H](C)Oc3ncnc(N)c3C2=O)cc1C#N. The van der Waals surface area contributed by atoms with E-state index in [1.165, 1.54) is 18.3 Å². The summed E-state index contributed by atoms with van der Waals surface area (Å²) >= 11 is 0. The van der Waals surface area contributed by atoms with E-state index in [4.69, 9.17) is 15.2 Å². The highest BCUT2D eigenvalue weighted by Crippen LogP contribution is 2.31. The van der Waals surface area contributed by atoms with Gasteiger partial charge in [-0.1, -0.05) is 0 Å². The van der Waals surface area contributed by atoms with Gasteiger partial charge in [-0.2, -0.15) is 5.26 Å². The fourth-order valence-corrected chi connectivity index (χ4v) is 2.55. The molecule has 0 bridgehead atoms. The van der Waals surface area contributed by atoms with E-state index < -0.39 is 0 Å². The zero-order chi connectivity index (χ0) is 17.3. The molecule has 24 heavy (non-hydrogen) atoms. The number of amides is 1. The van der Waals surface area contributed by atoms with Crippen LogP contribution in [0.3, 0.4) is 0 Å². The minimum Gasteiger partial charge on any atom is -0.495 e. The minimum absolute atomic E-state index is 0.0538. The van der Waals surface area contributed by atoms with Crippen LogP contribution in [0, 0.1) is 11.3 Å². The number of rotatable bonds is 2. The Labute approximate surface area is 138 Å². The molecule has 2 N–H and O–H groups in total. The van der Waals surface area contributed by atoms with Gasteiger partial charge < -0.3 is 20.1 Å². The van der Waals surface area contributed by atoms with Crippen LogP contribution in [-0.2, 0) is 0 Å². The number of methoxy groups -OCH3 is 1. The second-order valence-electron chi connectivity index (χ2n) is 5.28. The Balaban J connectivity index is 2.10. The lowest BCUT2D eigenvalue weighted by Crippen LogP contribution is -2.36. The third kappa shape index (κ3) is 2.56. The van der Waals surface area contributed by atoms with E-state index in [1.807, 2.05) is 6.92 Å². The first-order chi connectivity index (χ1) is 11.5. The third-order valence-corrected chi connectivity index (χ3v) is 3.67. The van der Waals surface area contributed by atoms with Crippen LogP contribution in [0.25, 0.3) is 0 Å². The lowest BCUT2D eigenvalue weighted by molar-refractivity contribution is 0.0988. The van der Waals surface area contributed by atoms with Crippen molar-refractivity contribution >= 4 is 17.4 Å².